The first-order valence-corrected chi connectivity index (χ1v) is 9.08. The minimum absolute atomic E-state index is 0.00404. The molecule has 2 aromatic carbocycles. The summed E-state index contributed by atoms with van der Waals surface area (Å²) in [5.41, 5.74) is 3.78. The van der Waals surface area contributed by atoms with Gasteiger partial charge in [0, 0.05) is 13.1 Å². The number of likely N-dealkylation sites (tertiary alicyclic amines) is 1. The van der Waals surface area contributed by atoms with Gasteiger partial charge < -0.3 is 4.90 Å². The third-order valence-corrected chi connectivity index (χ3v) is 5.06. The van der Waals surface area contributed by atoms with Crippen LogP contribution in [0.25, 0.3) is 0 Å². The van der Waals surface area contributed by atoms with Gasteiger partial charge in [-0.2, -0.15) is 0 Å². The first kappa shape index (κ1) is 16.8. The molecule has 1 heterocycles. The molecule has 1 aliphatic heterocycles. The molecule has 0 aliphatic carbocycles. The van der Waals surface area contributed by atoms with Crippen LogP contribution in [-0.2, 0) is 11.2 Å². The second kappa shape index (κ2) is 7.65. The van der Waals surface area contributed by atoms with Crippen molar-refractivity contribution in [1.29, 1.82) is 0 Å². The van der Waals surface area contributed by atoms with E-state index in [1.165, 1.54) is 16.7 Å². The quantitative estimate of drug-likeness (QED) is 0.762. The molecule has 126 valence electrons. The smallest absolute Gasteiger partial charge is 0.230 e. The topological polar surface area (TPSA) is 20.3 Å². The summed E-state index contributed by atoms with van der Waals surface area (Å²) in [6.45, 7) is 6.07. The predicted molar refractivity (Wildman–Crippen MR) is 99.0 cm³/mol. The van der Waals surface area contributed by atoms with E-state index in [-0.39, 0.29) is 5.92 Å². The summed E-state index contributed by atoms with van der Waals surface area (Å²) in [4.78, 5) is 15.1. The van der Waals surface area contributed by atoms with Crippen LogP contribution in [-0.4, -0.2) is 23.9 Å². The lowest BCUT2D eigenvalue weighted by Gasteiger charge is -2.17. The largest absolute Gasteiger partial charge is 0.342 e. The summed E-state index contributed by atoms with van der Waals surface area (Å²) < 4.78 is 0. The first-order chi connectivity index (χ1) is 11.7. The number of benzene rings is 2. The van der Waals surface area contributed by atoms with Gasteiger partial charge in [0.05, 0.1) is 5.92 Å². The highest BCUT2D eigenvalue weighted by Gasteiger charge is 2.40. The molecule has 1 aliphatic rings. The molecule has 1 amide bonds. The Bertz CT molecular complexity index is 662. The maximum Gasteiger partial charge on any atom is 0.230 e. The van der Waals surface area contributed by atoms with Gasteiger partial charge in [-0.15, -0.1) is 0 Å². The molecule has 2 nitrogen and oxygen atoms in total. The van der Waals surface area contributed by atoms with E-state index in [2.05, 4.69) is 55.1 Å². The molecule has 0 radical (unpaired) electrons. The zero-order chi connectivity index (χ0) is 16.9. The van der Waals surface area contributed by atoms with Crippen LogP contribution in [0.3, 0.4) is 0 Å². The van der Waals surface area contributed by atoms with Crippen LogP contribution < -0.4 is 0 Å². The molecule has 0 spiro atoms. The number of hydrogen-bond acceptors (Lipinski definition) is 1. The molecule has 2 atom stereocenters. The van der Waals surface area contributed by atoms with Gasteiger partial charge >= 0.3 is 0 Å². The molecule has 0 saturated carbocycles. The Morgan fingerprint density at radius 1 is 1.04 bits per heavy atom. The van der Waals surface area contributed by atoms with Gasteiger partial charge in [0.15, 0.2) is 0 Å². The molecule has 0 bridgehead atoms. The summed E-state index contributed by atoms with van der Waals surface area (Å²) in [5.74, 6) is 0.676. The molecule has 3 rings (SSSR count). The number of rotatable bonds is 6. The van der Waals surface area contributed by atoms with Gasteiger partial charge in [-0.05, 0) is 36.8 Å². The summed E-state index contributed by atoms with van der Waals surface area (Å²) in [7, 11) is 0. The van der Waals surface area contributed by atoms with E-state index in [1.807, 2.05) is 18.2 Å². The number of aryl methyl sites for hydroxylation is 1. The van der Waals surface area contributed by atoms with Crippen LogP contribution in [0.5, 0.6) is 0 Å². The maximum absolute atomic E-state index is 13.0. The fourth-order valence-corrected chi connectivity index (χ4v) is 3.71. The summed E-state index contributed by atoms with van der Waals surface area (Å²) in [6, 6.07) is 19.1. The molecule has 2 aromatic rings. The van der Waals surface area contributed by atoms with Crippen molar-refractivity contribution in [2.24, 2.45) is 5.92 Å². The van der Waals surface area contributed by atoms with Crippen molar-refractivity contribution < 1.29 is 4.79 Å². The van der Waals surface area contributed by atoms with E-state index in [0.29, 0.717) is 11.8 Å². The monoisotopic (exact) mass is 321 g/mol. The zero-order valence-electron chi connectivity index (χ0n) is 14.7. The Labute approximate surface area is 145 Å². The van der Waals surface area contributed by atoms with Crippen molar-refractivity contribution in [3.63, 3.8) is 0 Å². The van der Waals surface area contributed by atoms with Gasteiger partial charge in [-0.3, -0.25) is 4.79 Å². The highest BCUT2D eigenvalue weighted by atomic mass is 16.2. The summed E-state index contributed by atoms with van der Waals surface area (Å²) in [6.07, 6.45) is 3.18. The van der Waals surface area contributed by atoms with E-state index >= 15 is 0 Å². The molecule has 0 aromatic heterocycles. The Morgan fingerprint density at radius 3 is 2.42 bits per heavy atom. The van der Waals surface area contributed by atoms with Gasteiger partial charge in [-0.1, -0.05) is 73.5 Å². The SMILES string of the molecule is CCCCN1C[C@@H](Cc2ccc(C)cc2)[C@H](c2ccccc2)C1=O. The van der Waals surface area contributed by atoms with E-state index in [0.717, 1.165) is 32.4 Å². The van der Waals surface area contributed by atoms with Crippen LogP contribution in [0.2, 0.25) is 0 Å². The number of hydrogen-bond donors (Lipinski definition) is 0. The summed E-state index contributed by atoms with van der Waals surface area (Å²) >= 11 is 0. The third kappa shape index (κ3) is 3.69. The third-order valence-electron chi connectivity index (χ3n) is 5.06. The van der Waals surface area contributed by atoms with Crippen LogP contribution in [0.15, 0.2) is 54.6 Å². The Hall–Kier alpha value is -2.09. The molecule has 0 N–H and O–H groups in total. The predicted octanol–water partition coefficient (Wildman–Crippen LogP) is 4.58. The number of carbonyl (C=O) groups is 1. The van der Waals surface area contributed by atoms with E-state index in [1.54, 1.807) is 0 Å². The maximum atomic E-state index is 13.0. The van der Waals surface area contributed by atoms with Crippen molar-refractivity contribution in [2.45, 2.75) is 39.0 Å². The van der Waals surface area contributed by atoms with Gasteiger partial charge in [0.2, 0.25) is 5.91 Å². The van der Waals surface area contributed by atoms with Crippen LogP contribution in [0.4, 0.5) is 0 Å². The number of amides is 1. The minimum Gasteiger partial charge on any atom is -0.342 e. The standard InChI is InChI=1S/C22H27NO/c1-3-4-14-23-16-20(15-18-12-10-17(2)11-13-18)21(22(23)24)19-8-6-5-7-9-19/h5-13,20-21H,3-4,14-16H2,1-2H3/t20-,21+/m1/s1. The molecule has 1 fully saturated rings. The fraction of sp³-hybridized carbons (Fsp3) is 0.409. The molecular weight excluding hydrogens is 294 g/mol. The number of nitrogens with zero attached hydrogens (tertiary/aromatic N) is 1. The van der Waals surface area contributed by atoms with Crippen molar-refractivity contribution >= 4 is 5.91 Å². The number of carbonyl (C=O) groups excluding carboxylic acids is 1. The lowest BCUT2D eigenvalue weighted by molar-refractivity contribution is -0.129. The average molecular weight is 321 g/mol. The molecule has 1 saturated heterocycles. The Kier molecular flexibility index (Phi) is 5.34. The van der Waals surface area contributed by atoms with Crippen LogP contribution in [0, 0.1) is 12.8 Å². The molecular formula is C22H27NO. The van der Waals surface area contributed by atoms with Gasteiger partial charge in [-0.25, -0.2) is 0 Å². The Balaban J connectivity index is 1.83. The minimum atomic E-state index is 0.00404. The highest BCUT2D eigenvalue weighted by molar-refractivity contribution is 5.86. The first-order valence-electron chi connectivity index (χ1n) is 9.08. The van der Waals surface area contributed by atoms with Crippen molar-refractivity contribution in [1.82, 2.24) is 4.90 Å². The number of unbranched alkanes of at least 4 members (excludes halogenated alkanes) is 1. The van der Waals surface area contributed by atoms with E-state index in [4.69, 9.17) is 0 Å². The molecule has 0 unspecified atom stereocenters. The zero-order valence-corrected chi connectivity index (χ0v) is 14.7. The van der Waals surface area contributed by atoms with E-state index < -0.39 is 0 Å². The van der Waals surface area contributed by atoms with Crippen molar-refractivity contribution in [3.8, 4) is 0 Å². The average Bonchev–Trinajstić information content (AvgIpc) is 2.91. The normalized spacial score (nSPS) is 20.6. The molecule has 24 heavy (non-hydrogen) atoms. The fourth-order valence-electron chi connectivity index (χ4n) is 3.71. The summed E-state index contributed by atoms with van der Waals surface area (Å²) in [5, 5.41) is 0. The van der Waals surface area contributed by atoms with Gasteiger partial charge in [0.1, 0.15) is 0 Å². The lowest BCUT2D eigenvalue weighted by Crippen LogP contribution is -2.27. The highest BCUT2D eigenvalue weighted by Crippen LogP contribution is 2.36. The molecule has 2 heteroatoms. The lowest BCUT2D eigenvalue weighted by atomic mass is 9.84. The van der Waals surface area contributed by atoms with Crippen LogP contribution in [0.1, 0.15) is 42.4 Å². The van der Waals surface area contributed by atoms with Crippen LogP contribution >= 0.6 is 0 Å². The van der Waals surface area contributed by atoms with Gasteiger partial charge in [0.25, 0.3) is 0 Å². The Morgan fingerprint density at radius 2 is 1.75 bits per heavy atom. The van der Waals surface area contributed by atoms with E-state index in [9.17, 15) is 4.79 Å². The van der Waals surface area contributed by atoms with Crippen molar-refractivity contribution in [3.05, 3.63) is 71.3 Å². The second-order valence-corrected chi connectivity index (χ2v) is 6.98. The second-order valence-electron chi connectivity index (χ2n) is 6.98. The van der Waals surface area contributed by atoms with Crippen molar-refractivity contribution in [2.75, 3.05) is 13.1 Å².